The molecule has 0 rings (SSSR count). The molecule has 0 aromatic carbocycles. The van der Waals surface area contributed by atoms with Crippen molar-refractivity contribution in [1.29, 1.82) is 0 Å². The molecular formula is C30H56. The maximum Gasteiger partial charge on any atom is -0.0169 e. The lowest BCUT2D eigenvalue weighted by atomic mass is 10.3. The van der Waals surface area contributed by atoms with E-state index < -0.39 is 0 Å². The van der Waals surface area contributed by atoms with Crippen LogP contribution in [0.2, 0.25) is 0 Å². The Labute approximate surface area is 192 Å². The van der Waals surface area contributed by atoms with Gasteiger partial charge >= 0.3 is 0 Å². The highest BCUT2D eigenvalue weighted by molar-refractivity contribution is 4.92. The van der Waals surface area contributed by atoms with E-state index in [1.807, 2.05) is 0 Å². The highest BCUT2D eigenvalue weighted by Crippen LogP contribution is 1.90. The zero-order valence-corrected chi connectivity index (χ0v) is 22.0. The summed E-state index contributed by atoms with van der Waals surface area (Å²) in [4.78, 5) is 0. The average molecular weight is 417 g/mol. The van der Waals surface area contributed by atoms with Crippen molar-refractivity contribution in [2.75, 3.05) is 0 Å². The molecule has 0 N–H and O–H groups in total. The summed E-state index contributed by atoms with van der Waals surface area (Å²) >= 11 is 0. The third kappa shape index (κ3) is 63.3. The molecule has 0 heterocycles. The second-order valence-corrected chi connectivity index (χ2v) is 6.57. The molecule has 0 nitrogen and oxygen atoms in total. The summed E-state index contributed by atoms with van der Waals surface area (Å²) in [5, 5.41) is 0. The average Bonchev–Trinajstić information content (AvgIpc) is 2.77. The minimum Gasteiger partial charge on any atom is -0.0888 e. The molecule has 0 aromatic rings. The molecule has 0 amide bonds. The molecular weight excluding hydrogens is 360 g/mol. The summed E-state index contributed by atoms with van der Waals surface area (Å²) in [5.41, 5.74) is 0. The van der Waals surface area contributed by atoms with Crippen molar-refractivity contribution in [2.45, 2.75) is 120 Å². The zero-order valence-electron chi connectivity index (χ0n) is 22.0. The highest BCUT2D eigenvalue weighted by atomic mass is 13.8. The molecule has 0 heteroatoms. The van der Waals surface area contributed by atoms with Gasteiger partial charge in [-0.2, -0.15) is 0 Å². The van der Waals surface area contributed by atoms with Gasteiger partial charge in [0, 0.05) is 0 Å². The van der Waals surface area contributed by atoms with Gasteiger partial charge in [-0.15, -0.1) is 0 Å². The van der Waals surface area contributed by atoms with Crippen molar-refractivity contribution < 1.29 is 0 Å². The van der Waals surface area contributed by atoms with Gasteiger partial charge in [-0.05, 0) is 64.2 Å². The van der Waals surface area contributed by atoms with Gasteiger partial charge < -0.3 is 0 Å². The van der Waals surface area contributed by atoms with E-state index in [2.05, 4.69) is 128 Å². The topological polar surface area (TPSA) is 0 Å². The number of rotatable bonds is 12. The van der Waals surface area contributed by atoms with Crippen molar-refractivity contribution in [1.82, 2.24) is 0 Å². The van der Waals surface area contributed by atoms with Crippen molar-refractivity contribution in [2.24, 2.45) is 0 Å². The van der Waals surface area contributed by atoms with E-state index in [0.29, 0.717) is 0 Å². The molecule has 0 fully saturated rings. The highest BCUT2D eigenvalue weighted by Gasteiger charge is 1.69. The lowest BCUT2D eigenvalue weighted by Gasteiger charge is -1.79. The van der Waals surface area contributed by atoms with Gasteiger partial charge in [0.05, 0.1) is 0 Å². The molecule has 0 saturated heterocycles. The van der Waals surface area contributed by atoms with Crippen LogP contribution in [0.1, 0.15) is 120 Å². The van der Waals surface area contributed by atoms with Crippen molar-refractivity contribution in [3.8, 4) is 0 Å². The van der Waals surface area contributed by atoms with Crippen LogP contribution in [0.4, 0.5) is 0 Å². The Morgan fingerprint density at radius 3 is 0.500 bits per heavy atom. The lowest BCUT2D eigenvalue weighted by molar-refractivity contribution is 1.16. The summed E-state index contributed by atoms with van der Waals surface area (Å²) in [5.74, 6) is 0. The fourth-order valence-corrected chi connectivity index (χ4v) is 1.88. The van der Waals surface area contributed by atoms with Crippen LogP contribution >= 0.6 is 0 Å². The van der Waals surface area contributed by atoms with Gasteiger partial charge in [-0.25, -0.2) is 0 Å². The Hall–Kier alpha value is -1.56. The van der Waals surface area contributed by atoms with Crippen LogP contribution in [0.5, 0.6) is 0 Å². The first kappa shape index (κ1) is 35.9. The van der Waals surface area contributed by atoms with Gasteiger partial charge in [-0.3, -0.25) is 0 Å². The number of hydrogen-bond acceptors (Lipinski definition) is 0. The van der Waals surface area contributed by atoms with Crippen LogP contribution in [0.3, 0.4) is 0 Å². The number of hydrogen-bond donors (Lipinski definition) is 0. The number of allylic oxidation sites excluding steroid dienone is 12. The first-order valence-corrected chi connectivity index (χ1v) is 12.6. The Morgan fingerprint density at radius 2 is 0.367 bits per heavy atom. The monoisotopic (exact) mass is 416 g/mol. The molecule has 176 valence electrons. The van der Waals surface area contributed by atoms with Gasteiger partial charge in [0.15, 0.2) is 0 Å². The van der Waals surface area contributed by atoms with Gasteiger partial charge in [0.2, 0.25) is 0 Å². The third-order valence-corrected chi connectivity index (χ3v) is 3.43. The Balaban J connectivity index is -0.000000153. The van der Waals surface area contributed by atoms with Crippen molar-refractivity contribution in [3.63, 3.8) is 0 Å². The predicted octanol–water partition coefficient (Wildman–Crippen LogP) is 11.3. The Kier molecular flexibility index (Phi) is 54.9. The van der Waals surface area contributed by atoms with E-state index >= 15 is 0 Å². The molecule has 0 aliphatic carbocycles. The van der Waals surface area contributed by atoms with E-state index in [0.717, 1.165) is 38.5 Å². The Morgan fingerprint density at radius 1 is 0.233 bits per heavy atom. The minimum atomic E-state index is 1.10. The predicted molar refractivity (Wildman–Crippen MR) is 146 cm³/mol. The fourth-order valence-electron chi connectivity index (χ4n) is 1.88. The van der Waals surface area contributed by atoms with Crippen LogP contribution < -0.4 is 0 Å². The minimum absolute atomic E-state index is 1.10. The van der Waals surface area contributed by atoms with Crippen LogP contribution in [0.25, 0.3) is 0 Å². The maximum atomic E-state index is 2.20. The molecule has 0 aliphatic heterocycles. The molecule has 0 atom stereocenters. The SMILES string of the molecule is CC/C=C/C/C=C/CC.CC/C=C/CC.CC/C=C\C/C=C\CC.CC/C=C\CC. The molecule has 0 aliphatic rings. The first-order valence-electron chi connectivity index (χ1n) is 12.6. The maximum absolute atomic E-state index is 2.20. The summed E-state index contributed by atoms with van der Waals surface area (Å²) in [6.45, 7) is 17.2. The first-order chi connectivity index (χ1) is 14.7. The molecule has 0 saturated carbocycles. The second-order valence-electron chi connectivity index (χ2n) is 6.57. The summed E-state index contributed by atoms with van der Waals surface area (Å²) < 4.78 is 0. The smallest absolute Gasteiger partial charge is 0.0169 e. The van der Waals surface area contributed by atoms with E-state index in [1.54, 1.807) is 0 Å². The quantitative estimate of drug-likeness (QED) is 0.277. The molecule has 0 radical (unpaired) electrons. The van der Waals surface area contributed by atoms with Gasteiger partial charge in [-0.1, -0.05) is 128 Å². The standard InChI is InChI=1S/2C9H16.2C6H12/c2*1-3-5-7-9-8-6-4-2;2*1-3-5-6-4-2/h2*5-8H,3-4,9H2,1-2H3;2*5-6H,3-4H2,1-2H3/b7-5+,8-6+;7-5-,8-6-;6-5+;6-5-. The largest absolute Gasteiger partial charge is 0.0888 e. The molecule has 0 bridgehead atoms. The van der Waals surface area contributed by atoms with Crippen LogP contribution in [0, 0.1) is 0 Å². The van der Waals surface area contributed by atoms with Gasteiger partial charge in [0.25, 0.3) is 0 Å². The second kappa shape index (κ2) is 45.9. The molecule has 0 aromatic heterocycles. The van der Waals surface area contributed by atoms with Crippen LogP contribution in [-0.4, -0.2) is 0 Å². The van der Waals surface area contributed by atoms with E-state index in [4.69, 9.17) is 0 Å². The molecule has 30 heavy (non-hydrogen) atoms. The fraction of sp³-hybridized carbons (Fsp3) is 0.600. The third-order valence-electron chi connectivity index (χ3n) is 3.43. The molecule has 0 unspecified atom stereocenters. The van der Waals surface area contributed by atoms with Crippen molar-refractivity contribution >= 4 is 0 Å². The van der Waals surface area contributed by atoms with E-state index in [9.17, 15) is 0 Å². The summed E-state index contributed by atoms with van der Waals surface area (Å²) in [7, 11) is 0. The van der Waals surface area contributed by atoms with Gasteiger partial charge in [0.1, 0.15) is 0 Å². The Bertz CT molecular complexity index is 326. The van der Waals surface area contributed by atoms with Crippen LogP contribution in [-0.2, 0) is 0 Å². The zero-order chi connectivity index (χ0) is 23.6. The van der Waals surface area contributed by atoms with E-state index in [1.165, 1.54) is 25.7 Å². The summed E-state index contributed by atoms with van der Waals surface area (Å²) in [6.07, 6.45) is 37.8. The van der Waals surface area contributed by atoms with Crippen molar-refractivity contribution in [3.05, 3.63) is 72.9 Å². The van der Waals surface area contributed by atoms with E-state index in [-0.39, 0.29) is 0 Å². The normalized spacial score (nSPS) is 11.2. The lowest BCUT2D eigenvalue weighted by Crippen LogP contribution is -1.58. The van der Waals surface area contributed by atoms with Crippen LogP contribution in [0.15, 0.2) is 72.9 Å². The summed E-state index contributed by atoms with van der Waals surface area (Å²) in [6, 6.07) is 0. The molecule has 0 spiro atoms.